The summed E-state index contributed by atoms with van der Waals surface area (Å²) in [5.74, 6) is -2.48. The average molecular weight is 270 g/mol. The summed E-state index contributed by atoms with van der Waals surface area (Å²) in [6.07, 6.45) is 3.37. The van der Waals surface area contributed by atoms with Gasteiger partial charge in [-0.1, -0.05) is 26.7 Å². The Morgan fingerprint density at radius 1 is 1.37 bits per heavy atom. The molecular formula is C13H22N2O4. The minimum Gasteiger partial charge on any atom is -0.480 e. The van der Waals surface area contributed by atoms with Gasteiger partial charge in [0.05, 0.1) is 6.42 Å². The summed E-state index contributed by atoms with van der Waals surface area (Å²) in [6, 6.07) is -1.23. The van der Waals surface area contributed by atoms with Crippen molar-refractivity contribution in [2.24, 2.45) is 17.1 Å². The molecule has 0 aromatic carbocycles. The molecule has 1 fully saturated rings. The zero-order chi connectivity index (χ0) is 14.6. The predicted molar refractivity (Wildman–Crippen MR) is 69.1 cm³/mol. The maximum absolute atomic E-state index is 12.2. The Morgan fingerprint density at radius 2 is 2.00 bits per heavy atom. The Bertz CT molecular complexity index is 379. The fourth-order valence-corrected chi connectivity index (χ4v) is 2.65. The number of amides is 2. The SMILES string of the molecule is CC1(C)CCCCC1C(=O)N[C@H](CC(N)=O)C(=O)O. The highest BCUT2D eigenvalue weighted by Gasteiger charge is 2.38. The molecule has 0 aromatic heterocycles. The molecule has 0 radical (unpaired) electrons. The first-order chi connectivity index (χ1) is 8.74. The number of nitrogens with one attached hydrogen (secondary N) is 1. The van der Waals surface area contributed by atoms with E-state index in [0.717, 1.165) is 25.7 Å². The molecule has 0 aliphatic heterocycles. The number of hydrogen-bond acceptors (Lipinski definition) is 3. The molecule has 2 atom stereocenters. The van der Waals surface area contributed by atoms with E-state index in [1.807, 2.05) is 13.8 Å². The average Bonchev–Trinajstić information content (AvgIpc) is 2.26. The van der Waals surface area contributed by atoms with E-state index < -0.39 is 17.9 Å². The number of carboxylic acids is 1. The molecule has 1 rings (SSSR count). The van der Waals surface area contributed by atoms with Gasteiger partial charge in [-0.05, 0) is 18.3 Å². The van der Waals surface area contributed by atoms with Crippen molar-refractivity contribution in [1.82, 2.24) is 5.32 Å². The monoisotopic (exact) mass is 270 g/mol. The maximum Gasteiger partial charge on any atom is 0.326 e. The molecule has 0 heterocycles. The van der Waals surface area contributed by atoms with Crippen molar-refractivity contribution in [3.8, 4) is 0 Å². The fraction of sp³-hybridized carbons (Fsp3) is 0.769. The van der Waals surface area contributed by atoms with Crippen LogP contribution in [0.25, 0.3) is 0 Å². The van der Waals surface area contributed by atoms with Crippen molar-refractivity contribution < 1.29 is 19.5 Å². The minimum atomic E-state index is -1.24. The largest absolute Gasteiger partial charge is 0.480 e. The van der Waals surface area contributed by atoms with E-state index in [0.29, 0.717) is 0 Å². The van der Waals surface area contributed by atoms with E-state index in [9.17, 15) is 14.4 Å². The quantitative estimate of drug-likeness (QED) is 0.681. The zero-order valence-electron chi connectivity index (χ0n) is 11.4. The van der Waals surface area contributed by atoms with E-state index in [-0.39, 0.29) is 23.7 Å². The molecule has 1 saturated carbocycles. The van der Waals surface area contributed by atoms with Gasteiger partial charge in [-0.2, -0.15) is 0 Å². The van der Waals surface area contributed by atoms with Gasteiger partial charge in [-0.15, -0.1) is 0 Å². The van der Waals surface area contributed by atoms with Crippen LogP contribution in [0.15, 0.2) is 0 Å². The van der Waals surface area contributed by atoms with Gasteiger partial charge in [0.15, 0.2) is 0 Å². The number of carbonyl (C=O) groups excluding carboxylic acids is 2. The van der Waals surface area contributed by atoms with E-state index in [4.69, 9.17) is 10.8 Å². The summed E-state index contributed by atoms with van der Waals surface area (Å²) < 4.78 is 0. The van der Waals surface area contributed by atoms with Crippen LogP contribution in [0.5, 0.6) is 0 Å². The van der Waals surface area contributed by atoms with Crippen molar-refractivity contribution in [2.75, 3.05) is 0 Å². The number of primary amides is 1. The molecule has 4 N–H and O–H groups in total. The summed E-state index contributed by atoms with van der Waals surface area (Å²) in [6.45, 7) is 4.03. The van der Waals surface area contributed by atoms with Gasteiger partial charge in [-0.25, -0.2) is 4.79 Å². The van der Waals surface area contributed by atoms with Crippen molar-refractivity contribution in [3.05, 3.63) is 0 Å². The number of carboxylic acid groups (broad SMARTS) is 1. The van der Waals surface area contributed by atoms with Crippen LogP contribution in [0.2, 0.25) is 0 Å². The minimum absolute atomic E-state index is 0.141. The first-order valence-corrected chi connectivity index (χ1v) is 6.55. The lowest BCUT2D eigenvalue weighted by molar-refractivity contribution is -0.145. The number of rotatable bonds is 5. The first-order valence-electron chi connectivity index (χ1n) is 6.55. The summed E-state index contributed by atoms with van der Waals surface area (Å²) in [5.41, 5.74) is 4.84. The lowest BCUT2D eigenvalue weighted by atomic mass is 9.68. The van der Waals surface area contributed by atoms with E-state index in [1.54, 1.807) is 0 Å². The number of carbonyl (C=O) groups is 3. The second kappa shape index (κ2) is 6.04. The molecule has 0 bridgehead atoms. The Hall–Kier alpha value is -1.59. The van der Waals surface area contributed by atoms with E-state index in [2.05, 4.69) is 5.32 Å². The molecule has 6 nitrogen and oxygen atoms in total. The summed E-state index contributed by atoms with van der Waals surface area (Å²) >= 11 is 0. The first kappa shape index (κ1) is 15.5. The lowest BCUT2D eigenvalue weighted by Crippen LogP contribution is -2.49. The van der Waals surface area contributed by atoms with Crippen LogP contribution in [-0.2, 0) is 14.4 Å². The molecule has 19 heavy (non-hydrogen) atoms. The van der Waals surface area contributed by atoms with Crippen LogP contribution in [0, 0.1) is 11.3 Å². The van der Waals surface area contributed by atoms with Crippen LogP contribution >= 0.6 is 0 Å². The van der Waals surface area contributed by atoms with Crippen molar-refractivity contribution in [1.29, 1.82) is 0 Å². The van der Waals surface area contributed by atoms with Gasteiger partial charge in [0.25, 0.3) is 0 Å². The van der Waals surface area contributed by atoms with Crippen LogP contribution in [0.1, 0.15) is 46.0 Å². The van der Waals surface area contributed by atoms with Crippen molar-refractivity contribution in [3.63, 3.8) is 0 Å². The van der Waals surface area contributed by atoms with Gasteiger partial charge < -0.3 is 16.2 Å². The lowest BCUT2D eigenvalue weighted by Gasteiger charge is -2.37. The van der Waals surface area contributed by atoms with Gasteiger partial charge in [0, 0.05) is 5.92 Å². The smallest absolute Gasteiger partial charge is 0.326 e. The maximum atomic E-state index is 12.2. The second-order valence-corrected chi connectivity index (χ2v) is 5.86. The van der Waals surface area contributed by atoms with Crippen molar-refractivity contribution in [2.45, 2.75) is 52.0 Å². The number of aliphatic carboxylic acids is 1. The second-order valence-electron chi connectivity index (χ2n) is 5.86. The van der Waals surface area contributed by atoms with Gasteiger partial charge in [0.2, 0.25) is 11.8 Å². The van der Waals surface area contributed by atoms with Crippen molar-refractivity contribution >= 4 is 17.8 Å². The van der Waals surface area contributed by atoms with Crippen LogP contribution in [0.3, 0.4) is 0 Å². The van der Waals surface area contributed by atoms with Crippen LogP contribution in [0.4, 0.5) is 0 Å². The molecule has 2 amide bonds. The fourth-order valence-electron chi connectivity index (χ4n) is 2.65. The molecule has 0 spiro atoms. The van der Waals surface area contributed by atoms with Crippen LogP contribution < -0.4 is 11.1 Å². The topological polar surface area (TPSA) is 109 Å². The summed E-state index contributed by atoms with van der Waals surface area (Å²) in [7, 11) is 0. The van der Waals surface area contributed by atoms with Gasteiger partial charge in [0.1, 0.15) is 6.04 Å². The molecule has 1 unspecified atom stereocenters. The van der Waals surface area contributed by atoms with Gasteiger partial charge in [-0.3, -0.25) is 9.59 Å². The molecule has 6 heteroatoms. The Labute approximate surface area is 112 Å². The standard InChI is InChI=1S/C13H22N2O4/c1-13(2)6-4-3-5-8(13)11(17)15-9(12(18)19)7-10(14)16/h8-9H,3-7H2,1-2H3,(H2,14,16)(H,15,17)(H,18,19)/t8?,9-/m1/s1. The Morgan fingerprint density at radius 3 is 2.47 bits per heavy atom. The van der Waals surface area contributed by atoms with Crippen LogP contribution in [-0.4, -0.2) is 28.9 Å². The summed E-state index contributed by atoms with van der Waals surface area (Å²) in [5, 5.41) is 11.4. The third kappa shape index (κ3) is 4.22. The molecule has 0 aromatic rings. The third-order valence-electron chi connectivity index (χ3n) is 3.84. The molecular weight excluding hydrogens is 248 g/mol. The highest BCUT2D eigenvalue weighted by Crippen LogP contribution is 2.40. The van der Waals surface area contributed by atoms with Gasteiger partial charge >= 0.3 is 5.97 Å². The zero-order valence-corrected chi connectivity index (χ0v) is 11.4. The number of nitrogens with two attached hydrogens (primary N) is 1. The Balaban J connectivity index is 2.70. The molecule has 1 aliphatic carbocycles. The molecule has 108 valence electrons. The predicted octanol–water partition coefficient (Wildman–Crippen LogP) is 0.648. The number of hydrogen-bond donors (Lipinski definition) is 3. The van der Waals surface area contributed by atoms with E-state index >= 15 is 0 Å². The Kier molecular flexibility index (Phi) is 4.91. The van der Waals surface area contributed by atoms with E-state index in [1.165, 1.54) is 0 Å². The molecule has 1 aliphatic rings. The normalized spacial score (nSPS) is 23.4. The molecule has 0 saturated heterocycles. The highest BCUT2D eigenvalue weighted by molar-refractivity contribution is 5.89. The summed E-state index contributed by atoms with van der Waals surface area (Å²) in [4.78, 5) is 34.0. The third-order valence-corrected chi connectivity index (χ3v) is 3.84. The highest BCUT2D eigenvalue weighted by atomic mass is 16.4.